The first-order chi connectivity index (χ1) is 11.5. The van der Waals surface area contributed by atoms with E-state index in [-0.39, 0.29) is 5.91 Å². The van der Waals surface area contributed by atoms with Crippen LogP contribution in [0.1, 0.15) is 47.6 Å². The molecule has 0 spiro atoms. The molecule has 2 aromatic heterocycles. The van der Waals surface area contributed by atoms with Gasteiger partial charge in [0.15, 0.2) is 0 Å². The standard InChI is InChI=1S/C17H23N5O2/c1-12-3-4-15(9-18-12)17(24)21-7-5-14(6-8-21)10-22-11-16(13(2)23)19-20-22/h3-4,9,11,13-14,23H,5-8,10H2,1-2H3. The van der Waals surface area contributed by atoms with Gasteiger partial charge in [-0.1, -0.05) is 5.21 Å². The highest BCUT2D eigenvalue weighted by molar-refractivity contribution is 5.93. The van der Waals surface area contributed by atoms with Crippen LogP contribution in [0, 0.1) is 12.8 Å². The van der Waals surface area contributed by atoms with Gasteiger partial charge < -0.3 is 10.0 Å². The number of amides is 1. The van der Waals surface area contributed by atoms with Crippen LogP contribution in [-0.2, 0) is 6.54 Å². The van der Waals surface area contributed by atoms with E-state index in [1.807, 2.05) is 24.0 Å². The molecule has 0 saturated carbocycles. The van der Waals surface area contributed by atoms with Gasteiger partial charge in [0.1, 0.15) is 5.69 Å². The van der Waals surface area contributed by atoms with Crippen LogP contribution >= 0.6 is 0 Å². The van der Waals surface area contributed by atoms with Crippen molar-refractivity contribution in [3.8, 4) is 0 Å². The third-order valence-corrected chi connectivity index (χ3v) is 4.49. The summed E-state index contributed by atoms with van der Waals surface area (Å²) in [7, 11) is 0. The number of hydrogen-bond acceptors (Lipinski definition) is 5. The number of piperidine rings is 1. The molecule has 0 aromatic carbocycles. The minimum Gasteiger partial charge on any atom is -0.387 e. The lowest BCUT2D eigenvalue weighted by atomic mass is 9.96. The van der Waals surface area contributed by atoms with Crippen LogP contribution in [0.2, 0.25) is 0 Å². The van der Waals surface area contributed by atoms with E-state index < -0.39 is 6.10 Å². The minimum absolute atomic E-state index is 0.0538. The number of pyridine rings is 1. The largest absolute Gasteiger partial charge is 0.387 e. The number of likely N-dealkylation sites (tertiary alicyclic amines) is 1. The van der Waals surface area contributed by atoms with E-state index in [4.69, 9.17) is 0 Å². The molecule has 1 fully saturated rings. The van der Waals surface area contributed by atoms with Crippen molar-refractivity contribution < 1.29 is 9.90 Å². The first kappa shape index (κ1) is 16.6. The maximum absolute atomic E-state index is 12.5. The number of aliphatic hydroxyl groups is 1. The van der Waals surface area contributed by atoms with Crippen LogP contribution in [0.15, 0.2) is 24.5 Å². The zero-order valence-electron chi connectivity index (χ0n) is 14.1. The Labute approximate surface area is 141 Å². The average molecular weight is 329 g/mol. The van der Waals surface area contributed by atoms with Gasteiger partial charge in [0, 0.05) is 31.5 Å². The van der Waals surface area contributed by atoms with Gasteiger partial charge in [-0.25, -0.2) is 0 Å². The Kier molecular flexibility index (Phi) is 4.89. The smallest absolute Gasteiger partial charge is 0.255 e. The molecule has 0 bridgehead atoms. The zero-order valence-corrected chi connectivity index (χ0v) is 14.1. The Morgan fingerprint density at radius 3 is 2.71 bits per heavy atom. The van der Waals surface area contributed by atoms with Gasteiger partial charge in [-0.15, -0.1) is 5.10 Å². The van der Waals surface area contributed by atoms with Crippen molar-refractivity contribution in [3.63, 3.8) is 0 Å². The molecule has 0 radical (unpaired) electrons. The Hall–Kier alpha value is -2.28. The van der Waals surface area contributed by atoms with Crippen LogP contribution in [-0.4, -0.2) is 49.0 Å². The molecule has 7 nitrogen and oxygen atoms in total. The second-order valence-electron chi connectivity index (χ2n) is 6.47. The number of hydrogen-bond donors (Lipinski definition) is 1. The highest BCUT2D eigenvalue weighted by Crippen LogP contribution is 2.21. The fourth-order valence-electron chi connectivity index (χ4n) is 2.95. The average Bonchev–Trinajstić information content (AvgIpc) is 3.04. The number of carbonyl (C=O) groups is 1. The van der Waals surface area contributed by atoms with Crippen molar-refractivity contribution >= 4 is 5.91 Å². The summed E-state index contributed by atoms with van der Waals surface area (Å²) in [5, 5.41) is 17.5. The molecule has 7 heteroatoms. The minimum atomic E-state index is -0.596. The molecule has 1 saturated heterocycles. The summed E-state index contributed by atoms with van der Waals surface area (Å²) in [6, 6.07) is 3.70. The van der Waals surface area contributed by atoms with Gasteiger partial charge in [-0.05, 0) is 44.7 Å². The summed E-state index contributed by atoms with van der Waals surface area (Å²) in [5.41, 5.74) is 2.15. The molecule has 2 aromatic rings. The molecule has 128 valence electrons. The SMILES string of the molecule is Cc1ccc(C(=O)N2CCC(Cn3cc(C(C)O)nn3)CC2)cn1. The second kappa shape index (κ2) is 7.09. The maximum Gasteiger partial charge on any atom is 0.255 e. The number of nitrogens with zero attached hydrogens (tertiary/aromatic N) is 5. The quantitative estimate of drug-likeness (QED) is 0.921. The highest BCUT2D eigenvalue weighted by atomic mass is 16.3. The summed E-state index contributed by atoms with van der Waals surface area (Å²) in [6.07, 6.45) is 4.72. The Balaban J connectivity index is 1.53. The van der Waals surface area contributed by atoms with Crippen LogP contribution in [0.3, 0.4) is 0 Å². The molecular formula is C17H23N5O2. The van der Waals surface area contributed by atoms with Crippen molar-refractivity contribution in [2.75, 3.05) is 13.1 Å². The normalized spacial score (nSPS) is 17.0. The predicted molar refractivity (Wildman–Crippen MR) is 88.3 cm³/mol. The third kappa shape index (κ3) is 3.79. The summed E-state index contributed by atoms with van der Waals surface area (Å²) in [4.78, 5) is 18.6. The van der Waals surface area contributed by atoms with Gasteiger partial charge in [0.25, 0.3) is 5.91 Å². The molecule has 1 aliphatic rings. The van der Waals surface area contributed by atoms with E-state index in [1.165, 1.54) is 0 Å². The molecule has 3 heterocycles. The van der Waals surface area contributed by atoms with E-state index in [0.29, 0.717) is 17.2 Å². The van der Waals surface area contributed by atoms with Crippen molar-refractivity contribution in [3.05, 3.63) is 41.5 Å². The number of aliphatic hydroxyl groups excluding tert-OH is 1. The van der Waals surface area contributed by atoms with Crippen LogP contribution in [0.4, 0.5) is 0 Å². The lowest BCUT2D eigenvalue weighted by Gasteiger charge is -2.31. The predicted octanol–water partition coefficient (Wildman–Crippen LogP) is 1.59. The van der Waals surface area contributed by atoms with Crippen molar-refractivity contribution in [2.24, 2.45) is 5.92 Å². The van der Waals surface area contributed by atoms with Crippen LogP contribution in [0.5, 0.6) is 0 Å². The van der Waals surface area contributed by atoms with Gasteiger partial charge in [-0.3, -0.25) is 14.5 Å². The second-order valence-corrected chi connectivity index (χ2v) is 6.47. The van der Waals surface area contributed by atoms with Crippen molar-refractivity contribution in [1.29, 1.82) is 0 Å². The molecule has 3 rings (SSSR count). The van der Waals surface area contributed by atoms with Crippen LogP contribution < -0.4 is 0 Å². The van der Waals surface area contributed by atoms with E-state index in [1.54, 1.807) is 24.0 Å². The number of aryl methyl sites for hydroxylation is 1. The number of carbonyl (C=O) groups excluding carboxylic acids is 1. The molecule has 1 atom stereocenters. The maximum atomic E-state index is 12.5. The molecule has 0 aliphatic carbocycles. The van der Waals surface area contributed by atoms with E-state index in [0.717, 1.165) is 38.2 Å². The van der Waals surface area contributed by atoms with E-state index in [2.05, 4.69) is 15.3 Å². The van der Waals surface area contributed by atoms with Crippen molar-refractivity contribution in [2.45, 2.75) is 39.3 Å². The van der Waals surface area contributed by atoms with Gasteiger partial charge in [0.05, 0.1) is 17.9 Å². The molecule has 1 amide bonds. The highest BCUT2D eigenvalue weighted by Gasteiger charge is 2.24. The number of aromatic nitrogens is 4. The molecule has 1 aliphatic heterocycles. The molecule has 1 unspecified atom stereocenters. The van der Waals surface area contributed by atoms with Gasteiger partial charge in [-0.2, -0.15) is 0 Å². The van der Waals surface area contributed by atoms with Gasteiger partial charge in [0.2, 0.25) is 0 Å². The zero-order chi connectivity index (χ0) is 17.1. The topological polar surface area (TPSA) is 84.1 Å². The first-order valence-electron chi connectivity index (χ1n) is 8.33. The Morgan fingerprint density at radius 2 is 2.12 bits per heavy atom. The lowest BCUT2D eigenvalue weighted by molar-refractivity contribution is 0.0680. The van der Waals surface area contributed by atoms with E-state index >= 15 is 0 Å². The van der Waals surface area contributed by atoms with Crippen LogP contribution in [0.25, 0.3) is 0 Å². The lowest BCUT2D eigenvalue weighted by Crippen LogP contribution is -2.39. The number of rotatable bonds is 4. The van der Waals surface area contributed by atoms with E-state index in [9.17, 15) is 9.90 Å². The fourth-order valence-corrected chi connectivity index (χ4v) is 2.95. The summed E-state index contributed by atoms with van der Waals surface area (Å²) < 4.78 is 1.79. The summed E-state index contributed by atoms with van der Waals surface area (Å²) >= 11 is 0. The fraction of sp³-hybridized carbons (Fsp3) is 0.529. The molecule has 1 N–H and O–H groups in total. The summed E-state index contributed by atoms with van der Waals surface area (Å²) in [6.45, 7) is 5.85. The monoisotopic (exact) mass is 329 g/mol. The van der Waals surface area contributed by atoms with Crippen molar-refractivity contribution in [1.82, 2.24) is 24.9 Å². The Morgan fingerprint density at radius 1 is 1.38 bits per heavy atom. The van der Waals surface area contributed by atoms with Gasteiger partial charge >= 0.3 is 0 Å². The molecule has 24 heavy (non-hydrogen) atoms. The Bertz CT molecular complexity index is 687. The summed E-state index contributed by atoms with van der Waals surface area (Å²) in [5.74, 6) is 0.520. The molecular weight excluding hydrogens is 306 g/mol. The third-order valence-electron chi connectivity index (χ3n) is 4.49. The first-order valence-corrected chi connectivity index (χ1v) is 8.33.